The third-order valence-electron chi connectivity index (χ3n) is 3.86. The van der Waals surface area contributed by atoms with Crippen LogP contribution in [0.25, 0.3) is 0 Å². The maximum Gasteiger partial charge on any atom is 0.242 e. The van der Waals surface area contributed by atoms with E-state index in [4.69, 9.17) is 5.73 Å². The van der Waals surface area contributed by atoms with Crippen LogP contribution in [0, 0.1) is 5.92 Å². The van der Waals surface area contributed by atoms with Crippen molar-refractivity contribution in [3.8, 4) is 0 Å². The predicted octanol–water partition coefficient (Wildman–Crippen LogP) is 2.06. The van der Waals surface area contributed by atoms with Crippen molar-refractivity contribution in [2.75, 3.05) is 18.0 Å². The second-order valence-electron chi connectivity index (χ2n) is 5.96. The highest BCUT2D eigenvalue weighted by Gasteiger charge is 2.28. The number of para-hydroxylation sites is 1. The molecule has 0 radical (unpaired) electrons. The summed E-state index contributed by atoms with van der Waals surface area (Å²) in [5, 5.41) is 3.01. The number of benzene rings is 1. The first-order valence-electron chi connectivity index (χ1n) is 7.39. The molecular weight excluding hydrogens is 250 g/mol. The number of nitrogens with zero attached hydrogens (tertiary/aromatic N) is 1. The lowest BCUT2D eigenvalue weighted by molar-refractivity contribution is -0.122. The highest BCUT2D eigenvalue weighted by Crippen LogP contribution is 2.33. The van der Waals surface area contributed by atoms with Gasteiger partial charge >= 0.3 is 0 Å². The van der Waals surface area contributed by atoms with Gasteiger partial charge in [0.05, 0.1) is 0 Å². The number of carbonyl (C=O) groups is 1. The molecule has 3 N–H and O–H groups in total. The molecule has 4 heteroatoms. The summed E-state index contributed by atoms with van der Waals surface area (Å²) in [6.07, 6.45) is 0.888. The number of anilines is 1. The second-order valence-corrected chi connectivity index (χ2v) is 5.96. The Hall–Kier alpha value is -1.55. The average molecular weight is 275 g/mol. The van der Waals surface area contributed by atoms with Gasteiger partial charge in [0.1, 0.15) is 6.04 Å². The molecule has 1 aliphatic heterocycles. The molecule has 0 saturated heterocycles. The zero-order valence-corrected chi connectivity index (χ0v) is 12.6. The van der Waals surface area contributed by atoms with Gasteiger partial charge in [-0.25, -0.2) is 0 Å². The highest BCUT2D eigenvalue weighted by atomic mass is 16.2. The normalized spacial score (nSPS) is 19.6. The van der Waals surface area contributed by atoms with Crippen LogP contribution in [-0.2, 0) is 4.79 Å². The van der Waals surface area contributed by atoms with Crippen molar-refractivity contribution < 1.29 is 4.79 Å². The van der Waals surface area contributed by atoms with E-state index in [1.165, 1.54) is 0 Å². The van der Waals surface area contributed by atoms with Crippen LogP contribution in [0.1, 0.15) is 38.8 Å². The highest BCUT2D eigenvalue weighted by molar-refractivity contribution is 5.85. The van der Waals surface area contributed by atoms with Crippen LogP contribution in [-0.4, -0.2) is 25.0 Å². The van der Waals surface area contributed by atoms with Crippen LogP contribution in [0.2, 0.25) is 0 Å². The van der Waals surface area contributed by atoms with E-state index in [1.54, 1.807) is 0 Å². The van der Waals surface area contributed by atoms with E-state index in [2.05, 4.69) is 36.2 Å². The first-order valence-corrected chi connectivity index (χ1v) is 7.39. The van der Waals surface area contributed by atoms with Gasteiger partial charge < -0.3 is 16.0 Å². The monoisotopic (exact) mass is 275 g/mol. The van der Waals surface area contributed by atoms with Crippen LogP contribution in [0.15, 0.2) is 24.3 Å². The molecule has 110 valence electrons. The number of amides is 1. The molecule has 0 bridgehead atoms. The van der Waals surface area contributed by atoms with Crippen LogP contribution >= 0.6 is 0 Å². The molecule has 1 aromatic carbocycles. The van der Waals surface area contributed by atoms with Crippen LogP contribution in [0.3, 0.4) is 0 Å². The van der Waals surface area contributed by atoms with Crippen molar-refractivity contribution in [2.45, 2.75) is 39.3 Å². The number of hydrogen-bond acceptors (Lipinski definition) is 3. The number of rotatable bonds is 4. The van der Waals surface area contributed by atoms with Crippen molar-refractivity contribution in [1.29, 1.82) is 0 Å². The summed E-state index contributed by atoms with van der Waals surface area (Å²) in [7, 11) is 0. The SMILES string of the molecule is CC(C)CNC(=O)C(C)N1CCC(N)c2ccccc21. The number of hydrogen-bond donors (Lipinski definition) is 2. The van der Waals surface area contributed by atoms with Crippen LogP contribution < -0.4 is 16.0 Å². The molecule has 2 rings (SSSR count). The van der Waals surface area contributed by atoms with Gasteiger partial charge in [-0.2, -0.15) is 0 Å². The first-order chi connectivity index (χ1) is 9.50. The molecule has 0 aliphatic carbocycles. The lowest BCUT2D eigenvalue weighted by Gasteiger charge is -2.37. The van der Waals surface area contributed by atoms with Gasteiger partial charge in [0.15, 0.2) is 0 Å². The summed E-state index contributed by atoms with van der Waals surface area (Å²) in [5.41, 5.74) is 8.39. The molecule has 20 heavy (non-hydrogen) atoms. The van der Waals surface area contributed by atoms with Gasteiger partial charge in [0, 0.05) is 24.8 Å². The average Bonchev–Trinajstić information content (AvgIpc) is 2.44. The minimum Gasteiger partial charge on any atom is -0.359 e. The second kappa shape index (κ2) is 6.27. The van der Waals surface area contributed by atoms with Crippen molar-refractivity contribution in [3.05, 3.63) is 29.8 Å². The van der Waals surface area contributed by atoms with E-state index >= 15 is 0 Å². The lowest BCUT2D eigenvalue weighted by atomic mass is 9.96. The smallest absolute Gasteiger partial charge is 0.242 e. The third kappa shape index (κ3) is 3.12. The molecule has 0 saturated carbocycles. The topological polar surface area (TPSA) is 58.4 Å². The molecular formula is C16H25N3O. The zero-order chi connectivity index (χ0) is 14.7. The van der Waals surface area contributed by atoms with Crippen molar-refractivity contribution >= 4 is 11.6 Å². The van der Waals surface area contributed by atoms with E-state index in [9.17, 15) is 4.79 Å². The molecule has 0 spiro atoms. The van der Waals surface area contributed by atoms with E-state index in [0.717, 1.165) is 30.8 Å². The summed E-state index contributed by atoms with van der Waals surface area (Å²) in [4.78, 5) is 14.4. The van der Waals surface area contributed by atoms with Gasteiger partial charge in [-0.1, -0.05) is 32.0 Å². The number of carbonyl (C=O) groups excluding carboxylic acids is 1. The number of nitrogens with one attached hydrogen (secondary N) is 1. The maximum absolute atomic E-state index is 12.3. The Labute approximate surface area is 121 Å². The van der Waals surface area contributed by atoms with Gasteiger partial charge in [-0.15, -0.1) is 0 Å². The molecule has 2 unspecified atom stereocenters. The summed E-state index contributed by atoms with van der Waals surface area (Å²) < 4.78 is 0. The molecule has 1 aromatic rings. The van der Waals surface area contributed by atoms with Crippen LogP contribution in [0.5, 0.6) is 0 Å². The standard InChI is InChI=1S/C16H25N3O/c1-11(2)10-18-16(20)12(3)19-9-8-14(17)13-6-4-5-7-15(13)19/h4-7,11-12,14H,8-10,17H2,1-3H3,(H,18,20). The van der Waals surface area contributed by atoms with Crippen LogP contribution in [0.4, 0.5) is 5.69 Å². The van der Waals surface area contributed by atoms with Crippen molar-refractivity contribution in [3.63, 3.8) is 0 Å². The summed E-state index contributed by atoms with van der Waals surface area (Å²) >= 11 is 0. The molecule has 1 amide bonds. The number of nitrogens with two attached hydrogens (primary N) is 1. The van der Waals surface area contributed by atoms with Crippen molar-refractivity contribution in [2.24, 2.45) is 11.7 Å². The third-order valence-corrected chi connectivity index (χ3v) is 3.86. The fourth-order valence-corrected chi connectivity index (χ4v) is 2.61. The van der Waals surface area contributed by atoms with Gasteiger partial charge in [-0.05, 0) is 30.9 Å². The fraction of sp³-hybridized carbons (Fsp3) is 0.562. The molecule has 1 heterocycles. The lowest BCUT2D eigenvalue weighted by Crippen LogP contribution is -2.48. The Bertz CT molecular complexity index is 473. The number of fused-ring (bicyclic) bond motifs is 1. The Balaban J connectivity index is 2.13. The van der Waals surface area contributed by atoms with Crippen molar-refractivity contribution in [1.82, 2.24) is 5.32 Å². The maximum atomic E-state index is 12.3. The Morgan fingerprint density at radius 1 is 1.40 bits per heavy atom. The summed E-state index contributed by atoms with van der Waals surface area (Å²) in [6.45, 7) is 7.70. The minimum absolute atomic E-state index is 0.0772. The molecule has 2 atom stereocenters. The van der Waals surface area contributed by atoms with E-state index in [0.29, 0.717) is 5.92 Å². The Kier molecular flexibility index (Phi) is 4.65. The fourth-order valence-electron chi connectivity index (χ4n) is 2.61. The van der Waals surface area contributed by atoms with E-state index < -0.39 is 0 Å². The molecule has 4 nitrogen and oxygen atoms in total. The molecule has 0 aromatic heterocycles. The van der Waals surface area contributed by atoms with Gasteiger partial charge in [0.25, 0.3) is 0 Å². The van der Waals surface area contributed by atoms with Gasteiger partial charge in [-0.3, -0.25) is 4.79 Å². The van der Waals surface area contributed by atoms with E-state index in [1.807, 2.05) is 19.1 Å². The van der Waals surface area contributed by atoms with Gasteiger partial charge in [0.2, 0.25) is 5.91 Å². The molecule has 1 aliphatic rings. The predicted molar refractivity (Wildman–Crippen MR) is 82.6 cm³/mol. The Morgan fingerprint density at radius 2 is 2.10 bits per heavy atom. The zero-order valence-electron chi connectivity index (χ0n) is 12.6. The molecule has 0 fully saturated rings. The Morgan fingerprint density at radius 3 is 2.80 bits per heavy atom. The summed E-state index contributed by atoms with van der Waals surface area (Å²) in [6, 6.07) is 8.04. The quantitative estimate of drug-likeness (QED) is 0.884. The largest absolute Gasteiger partial charge is 0.359 e. The minimum atomic E-state index is -0.164. The summed E-state index contributed by atoms with van der Waals surface area (Å²) in [5.74, 6) is 0.553. The van der Waals surface area contributed by atoms with E-state index in [-0.39, 0.29) is 18.0 Å². The first kappa shape index (κ1) is 14.9.